The van der Waals surface area contributed by atoms with Crippen LogP contribution in [0.1, 0.15) is 81.9 Å². The second-order valence-electron chi connectivity index (χ2n) is 12.8. The summed E-state index contributed by atoms with van der Waals surface area (Å²) < 4.78 is 9.98. The van der Waals surface area contributed by atoms with Gasteiger partial charge in [-0.15, -0.1) is 0 Å². The minimum Gasteiger partial charge on any atom is -0.477 e. The number of anilines is 1. The Morgan fingerprint density at radius 1 is 0.974 bits per heavy atom. The molecule has 3 aromatic rings. The second-order valence-corrected chi connectivity index (χ2v) is 13.7. The van der Waals surface area contributed by atoms with Gasteiger partial charge in [0.25, 0.3) is 0 Å². The first-order valence-electron chi connectivity index (χ1n) is 14.4. The van der Waals surface area contributed by atoms with Crippen LogP contribution >= 0.6 is 11.9 Å². The Hall–Kier alpha value is -2.57. The molecule has 2 aliphatic rings. The molecule has 39 heavy (non-hydrogen) atoms. The number of fused-ring (bicyclic) bond motifs is 4. The molecule has 0 saturated heterocycles. The standard InChI is InChI=1S/C33H43N3O2S/c1-21-8-6-9-22(2)31(21)29-18-30-35-32(34-29)36-39-27-11-7-10-24(17-27)28(16-23-12-14-26(37)15-13-23)25(20-38-30)19-33(3,4)5/h6-11,17-18,23,25-26,28,37H,12-16,19-20H2,1-5H3,(H,34,35,36). The minimum absolute atomic E-state index is 0.130. The molecule has 0 spiro atoms. The van der Waals surface area contributed by atoms with E-state index in [1.807, 2.05) is 6.07 Å². The number of nitrogens with zero attached hydrogens (tertiary/aromatic N) is 2. The van der Waals surface area contributed by atoms with E-state index in [1.165, 1.54) is 16.7 Å². The van der Waals surface area contributed by atoms with Crippen molar-refractivity contribution in [3.8, 4) is 17.1 Å². The topological polar surface area (TPSA) is 67.3 Å². The van der Waals surface area contributed by atoms with E-state index in [9.17, 15) is 5.11 Å². The van der Waals surface area contributed by atoms with Gasteiger partial charge in [0.15, 0.2) is 0 Å². The van der Waals surface area contributed by atoms with Crippen LogP contribution in [0.25, 0.3) is 11.3 Å². The molecule has 208 valence electrons. The molecule has 4 bridgehead atoms. The van der Waals surface area contributed by atoms with Gasteiger partial charge in [0.2, 0.25) is 11.8 Å². The Bertz CT molecular complexity index is 1260. The van der Waals surface area contributed by atoms with Gasteiger partial charge in [0.1, 0.15) is 0 Å². The number of hydrogen-bond donors (Lipinski definition) is 2. The van der Waals surface area contributed by atoms with E-state index < -0.39 is 0 Å². The first kappa shape index (κ1) is 28.0. The van der Waals surface area contributed by atoms with Crippen LogP contribution in [0, 0.1) is 31.1 Å². The fraction of sp³-hybridized carbons (Fsp3) is 0.515. The third-order valence-corrected chi connectivity index (χ3v) is 9.05. The van der Waals surface area contributed by atoms with Crippen molar-refractivity contribution in [1.82, 2.24) is 9.97 Å². The Balaban J connectivity index is 1.53. The number of nitrogens with one attached hydrogen (secondary N) is 1. The first-order valence-corrected chi connectivity index (χ1v) is 15.3. The van der Waals surface area contributed by atoms with Gasteiger partial charge >= 0.3 is 0 Å². The zero-order valence-electron chi connectivity index (χ0n) is 24.0. The van der Waals surface area contributed by atoms with Crippen molar-refractivity contribution in [1.29, 1.82) is 0 Å². The van der Waals surface area contributed by atoms with E-state index in [-0.39, 0.29) is 11.5 Å². The van der Waals surface area contributed by atoms with Crippen molar-refractivity contribution in [2.24, 2.45) is 17.3 Å². The Morgan fingerprint density at radius 2 is 1.69 bits per heavy atom. The fourth-order valence-electron chi connectivity index (χ4n) is 6.44. The molecule has 2 N–H and O–H groups in total. The number of ether oxygens (including phenoxy) is 1. The Morgan fingerprint density at radius 3 is 2.41 bits per heavy atom. The molecular weight excluding hydrogens is 502 g/mol. The van der Waals surface area contributed by atoms with Gasteiger partial charge in [-0.25, -0.2) is 4.98 Å². The van der Waals surface area contributed by atoms with Crippen molar-refractivity contribution in [3.63, 3.8) is 0 Å². The average Bonchev–Trinajstić information content (AvgIpc) is 2.89. The highest BCUT2D eigenvalue weighted by molar-refractivity contribution is 8.00. The van der Waals surface area contributed by atoms with E-state index in [0.29, 0.717) is 36.2 Å². The van der Waals surface area contributed by atoms with Gasteiger partial charge in [-0.05, 0) is 110 Å². The van der Waals surface area contributed by atoms with Crippen LogP contribution in [0.15, 0.2) is 53.4 Å². The van der Waals surface area contributed by atoms with Gasteiger partial charge in [0, 0.05) is 22.4 Å². The molecule has 1 aromatic heterocycles. The summed E-state index contributed by atoms with van der Waals surface area (Å²) in [6.45, 7) is 11.9. The lowest BCUT2D eigenvalue weighted by molar-refractivity contribution is 0.0955. The zero-order chi connectivity index (χ0) is 27.6. The molecule has 2 atom stereocenters. The monoisotopic (exact) mass is 545 g/mol. The maximum Gasteiger partial charge on any atom is 0.237 e. The predicted octanol–water partition coefficient (Wildman–Crippen LogP) is 8.35. The number of benzene rings is 2. The molecular formula is C33H43N3O2S. The van der Waals surface area contributed by atoms with Gasteiger partial charge in [-0.1, -0.05) is 51.1 Å². The molecule has 5 rings (SSSR count). The van der Waals surface area contributed by atoms with Crippen LogP contribution in [0.4, 0.5) is 5.95 Å². The van der Waals surface area contributed by atoms with Crippen LogP contribution < -0.4 is 9.46 Å². The summed E-state index contributed by atoms with van der Waals surface area (Å²) in [5.41, 5.74) is 5.95. The van der Waals surface area contributed by atoms with Gasteiger partial charge in [-0.2, -0.15) is 4.98 Å². The highest BCUT2D eigenvalue weighted by atomic mass is 32.2. The highest BCUT2D eigenvalue weighted by Crippen LogP contribution is 2.43. The third-order valence-electron chi connectivity index (χ3n) is 8.28. The maximum absolute atomic E-state index is 10.1. The van der Waals surface area contributed by atoms with Crippen LogP contribution in [0.2, 0.25) is 0 Å². The van der Waals surface area contributed by atoms with E-state index in [2.05, 4.69) is 81.8 Å². The quantitative estimate of drug-likeness (QED) is 0.321. The van der Waals surface area contributed by atoms with E-state index in [4.69, 9.17) is 14.7 Å². The fourth-order valence-corrected chi connectivity index (χ4v) is 7.08. The zero-order valence-corrected chi connectivity index (χ0v) is 24.9. The molecule has 2 heterocycles. The first-order chi connectivity index (χ1) is 18.6. The van der Waals surface area contributed by atoms with Gasteiger partial charge in [0.05, 0.1) is 18.4 Å². The molecule has 1 aliphatic carbocycles. The average molecular weight is 546 g/mol. The number of aliphatic hydroxyl groups excluding tert-OH is 1. The highest BCUT2D eigenvalue weighted by Gasteiger charge is 2.32. The number of hydrogen-bond acceptors (Lipinski definition) is 6. The van der Waals surface area contributed by atoms with Crippen LogP contribution in [0.3, 0.4) is 0 Å². The Labute approximate surface area is 238 Å². The third kappa shape index (κ3) is 7.15. The largest absolute Gasteiger partial charge is 0.477 e. The minimum atomic E-state index is -0.130. The molecule has 1 aliphatic heterocycles. The second kappa shape index (κ2) is 11.9. The van der Waals surface area contributed by atoms with Gasteiger partial charge < -0.3 is 9.84 Å². The van der Waals surface area contributed by atoms with Crippen LogP contribution in [-0.4, -0.2) is 27.8 Å². The van der Waals surface area contributed by atoms with Crippen molar-refractivity contribution >= 4 is 17.9 Å². The summed E-state index contributed by atoms with van der Waals surface area (Å²) in [7, 11) is 0. The molecule has 1 fully saturated rings. The molecule has 2 aromatic carbocycles. The molecule has 1 saturated carbocycles. The summed E-state index contributed by atoms with van der Waals surface area (Å²) in [6, 6.07) is 17.3. The van der Waals surface area contributed by atoms with E-state index in [1.54, 1.807) is 11.9 Å². The van der Waals surface area contributed by atoms with Crippen molar-refractivity contribution in [2.45, 2.75) is 90.1 Å². The number of rotatable bonds is 4. The molecule has 2 unspecified atom stereocenters. The lowest BCUT2D eigenvalue weighted by Crippen LogP contribution is -2.29. The molecule has 5 nitrogen and oxygen atoms in total. The van der Waals surface area contributed by atoms with Gasteiger partial charge in [-0.3, -0.25) is 4.72 Å². The molecule has 0 radical (unpaired) electrons. The normalized spacial score (nSPS) is 23.6. The Kier molecular flexibility index (Phi) is 8.53. The lowest BCUT2D eigenvalue weighted by Gasteiger charge is -2.36. The van der Waals surface area contributed by atoms with Crippen molar-refractivity contribution < 1.29 is 9.84 Å². The SMILES string of the molecule is Cc1cccc(C)c1-c1cc2nc(n1)NSc1cccc(c1)C(CC1CCC(O)CC1)C(CC(C)(C)C)CO2. The summed E-state index contributed by atoms with van der Waals surface area (Å²) in [6.07, 6.45) is 6.10. The maximum atomic E-state index is 10.1. The lowest BCUT2D eigenvalue weighted by atomic mass is 9.71. The molecule has 0 amide bonds. The van der Waals surface area contributed by atoms with Crippen molar-refractivity contribution in [3.05, 3.63) is 65.2 Å². The number of aliphatic hydroxyl groups is 1. The number of aryl methyl sites for hydroxylation is 2. The van der Waals surface area contributed by atoms with Crippen molar-refractivity contribution in [2.75, 3.05) is 11.3 Å². The summed E-state index contributed by atoms with van der Waals surface area (Å²) in [5.74, 6) is 2.53. The van der Waals surface area contributed by atoms with E-state index >= 15 is 0 Å². The smallest absolute Gasteiger partial charge is 0.237 e. The van der Waals surface area contributed by atoms with Crippen LogP contribution in [0.5, 0.6) is 5.88 Å². The van der Waals surface area contributed by atoms with Crippen LogP contribution in [-0.2, 0) is 0 Å². The molecule has 6 heteroatoms. The summed E-state index contributed by atoms with van der Waals surface area (Å²) in [4.78, 5) is 10.8. The number of aromatic nitrogens is 2. The predicted molar refractivity (Wildman–Crippen MR) is 161 cm³/mol. The summed E-state index contributed by atoms with van der Waals surface area (Å²) >= 11 is 1.56. The summed E-state index contributed by atoms with van der Waals surface area (Å²) in [5, 5.41) is 10.1. The van der Waals surface area contributed by atoms with E-state index in [0.717, 1.165) is 54.7 Å².